The first-order valence-electron chi connectivity index (χ1n) is 6.72. The number of rotatable bonds is 3. The minimum absolute atomic E-state index is 0.501. The second-order valence-electron chi connectivity index (χ2n) is 5.05. The Hall–Kier alpha value is -2.55. The van der Waals surface area contributed by atoms with E-state index in [4.69, 9.17) is 5.11 Å². The van der Waals surface area contributed by atoms with E-state index in [1.54, 1.807) is 0 Å². The molecule has 0 heterocycles. The van der Waals surface area contributed by atoms with Crippen LogP contribution in [0.5, 0.6) is 0 Å². The highest BCUT2D eigenvalue weighted by molar-refractivity contribution is 5.82. The van der Waals surface area contributed by atoms with Gasteiger partial charge < -0.3 is 10.2 Å². The Balaban J connectivity index is 2.87. The van der Waals surface area contributed by atoms with Crippen LogP contribution in [0.3, 0.4) is 0 Å². The molecule has 0 amide bonds. The van der Waals surface area contributed by atoms with Crippen molar-refractivity contribution in [2.24, 2.45) is 0 Å². The van der Waals surface area contributed by atoms with E-state index in [-0.39, 0.29) is 0 Å². The monoisotopic (exact) mass is 364 g/mol. The smallest absolute Gasteiger partial charge is 0.417 e. The third kappa shape index (κ3) is 3.76. The van der Waals surface area contributed by atoms with Gasteiger partial charge in [0.2, 0.25) is 0 Å². The molecule has 1 unspecified atom stereocenters. The van der Waals surface area contributed by atoms with Crippen molar-refractivity contribution in [3.63, 3.8) is 0 Å². The fraction of sp³-hybridized carbons (Fsp3) is 0.188. The van der Waals surface area contributed by atoms with Gasteiger partial charge in [0, 0.05) is 5.56 Å². The van der Waals surface area contributed by atoms with Gasteiger partial charge in [-0.1, -0.05) is 30.3 Å². The number of aliphatic hydroxyl groups excluding tert-OH is 1. The molecule has 9 heteroatoms. The lowest BCUT2D eigenvalue weighted by Crippen LogP contribution is -2.19. The molecule has 0 fully saturated rings. The SMILES string of the molecule is O=C(O)C(O)c1c(-c2ccccc2C(F)(F)F)cccc1C(F)(F)F. The minimum atomic E-state index is -5.06. The summed E-state index contributed by atoms with van der Waals surface area (Å²) in [6, 6.07) is 6.05. The fourth-order valence-electron chi connectivity index (χ4n) is 2.43. The lowest BCUT2D eigenvalue weighted by Gasteiger charge is -2.21. The number of hydrogen-bond donors (Lipinski definition) is 2. The van der Waals surface area contributed by atoms with Crippen molar-refractivity contribution < 1.29 is 41.4 Å². The maximum atomic E-state index is 13.2. The van der Waals surface area contributed by atoms with Crippen LogP contribution in [0.1, 0.15) is 22.8 Å². The topological polar surface area (TPSA) is 57.5 Å². The zero-order valence-electron chi connectivity index (χ0n) is 12.2. The van der Waals surface area contributed by atoms with E-state index >= 15 is 0 Å². The molecule has 2 rings (SSSR count). The first-order chi connectivity index (χ1) is 11.4. The molecule has 0 radical (unpaired) electrons. The Bertz CT molecular complexity index is 795. The van der Waals surface area contributed by atoms with Crippen LogP contribution in [0.4, 0.5) is 26.3 Å². The molecular weight excluding hydrogens is 354 g/mol. The molecule has 0 saturated carbocycles. The zero-order valence-corrected chi connectivity index (χ0v) is 12.2. The molecule has 134 valence electrons. The Morgan fingerprint density at radius 2 is 1.28 bits per heavy atom. The number of carboxylic acid groups (broad SMARTS) is 1. The summed E-state index contributed by atoms with van der Waals surface area (Å²) in [6.07, 6.45) is -12.6. The van der Waals surface area contributed by atoms with Crippen LogP contribution in [0.2, 0.25) is 0 Å². The molecule has 0 spiro atoms. The van der Waals surface area contributed by atoms with Gasteiger partial charge in [-0.05, 0) is 23.3 Å². The second kappa shape index (κ2) is 6.40. The zero-order chi connectivity index (χ0) is 19.0. The number of benzene rings is 2. The van der Waals surface area contributed by atoms with Gasteiger partial charge in [-0.25, -0.2) is 4.79 Å². The van der Waals surface area contributed by atoms with E-state index < -0.39 is 52.2 Å². The number of alkyl halides is 6. The van der Waals surface area contributed by atoms with Gasteiger partial charge in [0.25, 0.3) is 0 Å². The molecule has 0 saturated heterocycles. The summed E-state index contributed by atoms with van der Waals surface area (Å²) in [7, 11) is 0. The summed E-state index contributed by atoms with van der Waals surface area (Å²) < 4.78 is 79.0. The average Bonchev–Trinajstić information content (AvgIpc) is 2.51. The summed E-state index contributed by atoms with van der Waals surface area (Å²) in [5.41, 5.74) is -5.21. The van der Waals surface area contributed by atoms with Crippen molar-refractivity contribution in [1.29, 1.82) is 0 Å². The highest BCUT2D eigenvalue weighted by atomic mass is 19.4. The van der Waals surface area contributed by atoms with Crippen LogP contribution in [0, 0.1) is 0 Å². The summed E-state index contributed by atoms with van der Waals surface area (Å²) >= 11 is 0. The molecule has 2 aromatic carbocycles. The van der Waals surface area contributed by atoms with E-state index in [1.165, 1.54) is 6.07 Å². The molecule has 25 heavy (non-hydrogen) atoms. The van der Waals surface area contributed by atoms with Gasteiger partial charge >= 0.3 is 18.3 Å². The molecule has 0 aliphatic carbocycles. The quantitative estimate of drug-likeness (QED) is 0.788. The molecule has 3 nitrogen and oxygen atoms in total. The van der Waals surface area contributed by atoms with E-state index in [9.17, 15) is 36.2 Å². The summed E-state index contributed by atoms with van der Waals surface area (Å²) in [5.74, 6) is -2.01. The molecule has 2 aromatic rings. The van der Waals surface area contributed by atoms with E-state index in [2.05, 4.69) is 0 Å². The van der Waals surface area contributed by atoms with Gasteiger partial charge in [0.15, 0.2) is 6.10 Å². The normalized spacial score (nSPS) is 13.6. The summed E-state index contributed by atoms with van der Waals surface area (Å²) in [4.78, 5) is 11.0. The van der Waals surface area contributed by atoms with Crippen LogP contribution in [0.25, 0.3) is 11.1 Å². The Morgan fingerprint density at radius 1 is 0.800 bits per heavy atom. The summed E-state index contributed by atoms with van der Waals surface area (Å²) in [6.45, 7) is 0. The first-order valence-corrected chi connectivity index (χ1v) is 6.72. The molecule has 0 aromatic heterocycles. The van der Waals surface area contributed by atoms with E-state index in [0.29, 0.717) is 12.1 Å². The largest absolute Gasteiger partial charge is 0.479 e. The third-order valence-corrected chi connectivity index (χ3v) is 3.44. The minimum Gasteiger partial charge on any atom is -0.479 e. The first kappa shape index (κ1) is 18.8. The van der Waals surface area contributed by atoms with Gasteiger partial charge in [0.05, 0.1) is 11.1 Å². The van der Waals surface area contributed by atoms with E-state index in [0.717, 1.165) is 24.3 Å². The van der Waals surface area contributed by atoms with Crippen molar-refractivity contribution in [3.8, 4) is 11.1 Å². The number of aliphatic carboxylic acids is 1. The molecule has 2 N–H and O–H groups in total. The van der Waals surface area contributed by atoms with Crippen LogP contribution in [0.15, 0.2) is 42.5 Å². The maximum absolute atomic E-state index is 13.2. The lowest BCUT2D eigenvalue weighted by molar-refractivity contribution is -0.149. The molecular formula is C16H10F6O3. The molecule has 0 aliphatic heterocycles. The van der Waals surface area contributed by atoms with Crippen molar-refractivity contribution in [2.75, 3.05) is 0 Å². The van der Waals surface area contributed by atoms with Crippen molar-refractivity contribution in [2.45, 2.75) is 18.5 Å². The number of hydrogen-bond acceptors (Lipinski definition) is 2. The average molecular weight is 364 g/mol. The predicted octanol–water partition coefficient (Wildman–Crippen LogP) is 4.51. The van der Waals surface area contributed by atoms with E-state index in [1.807, 2.05) is 0 Å². The van der Waals surface area contributed by atoms with Crippen LogP contribution >= 0.6 is 0 Å². The second-order valence-corrected chi connectivity index (χ2v) is 5.05. The number of carbonyl (C=O) groups is 1. The summed E-state index contributed by atoms with van der Waals surface area (Å²) in [5, 5.41) is 18.6. The van der Waals surface area contributed by atoms with Gasteiger partial charge in [-0.2, -0.15) is 26.3 Å². The van der Waals surface area contributed by atoms with Crippen molar-refractivity contribution in [3.05, 3.63) is 59.2 Å². The van der Waals surface area contributed by atoms with Crippen LogP contribution in [-0.4, -0.2) is 16.2 Å². The van der Waals surface area contributed by atoms with Crippen molar-refractivity contribution in [1.82, 2.24) is 0 Å². The molecule has 0 aliphatic rings. The van der Waals surface area contributed by atoms with Gasteiger partial charge in [0.1, 0.15) is 0 Å². The fourth-order valence-corrected chi connectivity index (χ4v) is 2.43. The Labute approximate surface area is 137 Å². The predicted molar refractivity (Wildman–Crippen MR) is 74.5 cm³/mol. The highest BCUT2D eigenvalue weighted by Gasteiger charge is 2.40. The maximum Gasteiger partial charge on any atom is 0.417 e. The number of halogens is 6. The number of carboxylic acids is 1. The molecule has 0 bridgehead atoms. The van der Waals surface area contributed by atoms with Gasteiger partial charge in [-0.3, -0.25) is 0 Å². The molecule has 1 atom stereocenters. The van der Waals surface area contributed by atoms with Gasteiger partial charge in [-0.15, -0.1) is 0 Å². The highest BCUT2D eigenvalue weighted by Crippen LogP contribution is 2.43. The van der Waals surface area contributed by atoms with Crippen molar-refractivity contribution >= 4 is 5.97 Å². The standard InChI is InChI=1S/C16H10F6O3/c17-15(18,19)10-6-2-1-4-8(10)9-5-3-7-11(16(20,21)22)12(9)13(23)14(24)25/h1-7,13,23H,(H,24,25). The van der Waals surface area contributed by atoms with Crippen LogP contribution < -0.4 is 0 Å². The van der Waals surface area contributed by atoms with Crippen LogP contribution in [-0.2, 0) is 17.1 Å². The Morgan fingerprint density at radius 3 is 1.80 bits per heavy atom. The third-order valence-electron chi connectivity index (χ3n) is 3.44. The Kier molecular flexibility index (Phi) is 4.81. The number of aliphatic hydroxyl groups is 1. The lowest BCUT2D eigenvalue weighted by atomic mass is 9.89.